The van der Waals surface area contributed by atoms with Crippen molar-refractivity contribution in [3.05, 3.63) is 52.5 Å². The number of rotatable bonds is 7. The molecule has 0 saturated carbocycles. The van der Waals surface area contributed by atoms with Crippen LogP contribution >= 0.6 is 0 Å². The monoisotopic (exact) mass is 399 g/mol. The minimum Gasteiger partial charge on any atom is -0.396 e. The highest BCUT2D eigenvalue weighted by Crippen LogP contribution is 2.29. The Morgan fingerprint density at radius 2 is 1.86 bits per heavy atom. The maximum Gasteiger partial charge on any atom is 0.277 e. The number of aryl methyl sites for hydroxylation is 2. The standard InChI is InChI=1S/C17H18F3N3O3.C2H6/c1-9-6-10(2)16(21-8-9)22-15-11(7-12(18)13(19)14(15)20)17(25)23-26-5-3-4-24;1-2/h6-8,24H,3-5H2,1-2H3,(H,21,22)(H,23,25);1-2H3. The Balaban J connectivity index is 0.00000190. The highest BCUT2D eigenvalue weighted by molar-refractivity contribution is 6.00. The van der Waals surface area contributed by atoms with Crippen molar-refractivity contribution in [2.24, 2.45) is 0 Å². The number of hydrogen-bond acceptors (Lipinski definition) is 5. The normalized spacial score (nSPS) is 10.1. The maximum atomic E-state index is 14.3. The first-order valence-electron chi connectivity index (χ1n) is 8.76. The minimum absolute atomic E-state index is 0.00418. The molecule has 0 radical (unpaired) electrons. The Bertz CT molecular complexity index is 817. The summed E-state index contributed by atoms with van der Waals surface area (Å²) in [6.45, 7) is 7.35. The number of aliphatic hydroxyl groups is 1. The van der Waals surface area contributed by atoms with Gasteiger partial charge in [-0.25, -0.2) is 23.6 Å². The molecule has 2 aromatic rings. The number of carbonyl (C=O) groups is 1. The number of benzene rings is 1. The van der Waals surface area contributed by atoms with E-state index < -0.39 is 34.6 Å². The molecule has 1 aromatic heterocycles. The summed E-state index contributed by atoms with van der Waals surface area (Å²) in [6.07, 6.45) is 1.76. The number of aromatic nitrogens is 1. The molecule has 3 N–H and O–H groups in total. The van der Waals surface area contributed by atoms with Crippen molar-refractivity contribution in [1.82, 2.24) is 10.5 Å². The molecule has 0 aliphatic rings. The third-order valence-corrected chi connectivity index (χ3v) is 3.43. The molecule has 0 bridgehead atoms. The number of aliphatic hydroxyl groups excluding tert-OH is 1. The number of amides is 1. The van der Waals surface area contributed by atoms with E-state index in [1.54, 1.807) is 13.0 Å². The first-order chi connectivity index (χ1) is 13.3. The van der Waals surface area contributed by atoms with E-state index in [-0.39, 0.29) is 25.5 Å². The second-order valence-corrected chi connectivity index (χ2v) is 5.57. The third kappa shape index (κ3) is 5.93. The summed E-state index contributed by atoms with van der Waals surface area (Å²) in [6, 6.07) is 2.32. The van der Waals surface area contributed by atoms with Crippen LogP contribution in [0.1, 0.15) is 41.8 Å². The summed E-state index contributed by atoms with van der Waals surface area (Å²) in [7, 11) is 0. The smallest absolute Gasteiger partial charge is 0.277 e. The van der Waals surface area contributed by atoms with E-state index in [0.717, 1.165) is 5.56 Å². The molecule has 1 aromatic carbocycles. The molecule has 0 fully saturated rings. The number of halogens is 3. The Morgan fingerprint density at radius 1 is 1.18 bits per heavy atom. The van der Waals surface area contributed by atoms with Crippen LogP contribution < -0.4 is 10.8 Å². The lowest BCUT2D eigenvalue weighted by molar-refractivity contribution is 0.0262. The number of hydroxylamine groups is 1. The Kier molecular flexibility index (Phi) is 9.40. The van der Waals surface area contributed by atoms with Crippen LogP contribution in [0.2, 0.25) is 0 Å². The average molecular weight is 399 g/mol. The zero-order chi connectivity index (χ0) is 21.3. The van der Waals surface area contributed by atoms with Gasteiger partial charge in [0.25, 0.3) is 5.91 Å². The van der Waals surface area contributed by atoms with Gasteiger partial charge in [0.05, 0.1) is 17.9 Å². The van der Waals surface area contributed by atoms with E-state index in [1.807, 2.05) is 26.3 Å². The van der Waals surface area contributed by atoms with E-state index in [4.69, 9.17) is 9.94 Å². The van der Waals surface area contributed by atoms with Crippen molar-refractivity contribution in [3.63, 3.8) is 0 Å². The first-order valence-corrected chi connectivity index (χ1v) is 8.76. The van der Waals surface area contributed by atoms with E-state index in [1.165, 1.54) is 6.20 Å². The number of hydrogen-bond donors (Lipinski definition) is 3. The van der Waals surface area contributed by atoms with Gasteiger partial charge in [0.1, 0.15) is 5.82 Å². The number of carbonyl (C=O) groups excluding carboxylic acids is 1. The zero-order valence-electron chi connectivity index (χ0n) is 16.2. The lowest BCUT2D eigenvalue weighted by atomic mass is 10.1. The molecular weight excluding hydrogens is 375 g/mol. The summed E-state index contributed by atoms with van der Waals surface area (Å²) >= 11 is 0. The van der Waals surface area contributed by atoms with Gasteiger partial charge in [-0.1, -0.05) is 19.9 Å². The second-order valence-electron chi connectivity index (χ2n) is 5.57. The largest absolute Gasteiger partial charge is 0.396 e. The molecule has 6 nitrogen and oxygen atoms in total. The van der Waals surface area contributed by atoms with E-state index in [2.05, 4.69) is 10.3 Å². The van der Waals surface area contributed by atoms with Crippen molar-refractivity contribution >= 4 is 17.4 Å². The molecular formula is C19H24F3N3O3. The Labute approximate surface area is 161 Å². The maximum absolute atomic E-state index is 14.3. The van der Waals surface area contributed by atoms with Gasteiger partial charge in [-0.05, 0) is 37.5 Å². The van der Waals surface area contributed by atoms with Gasteiger partial charge in [0.2, 0.25) is 0 Å². The van der Waals surface area contributed by atoms with Crippen LogP contribution in [0.15, 0.2) is 18.3 Å². The fraction of sp³-hybridized carbons (Fsp3) is 0.368. The summed E-state index contributed by atoms with van der Waals surface area (Å²) in [5.41, 5.74) is 2.41. The number of nitrogens with zero attached hydrogens (tertiary/aromatic N) is 1. The SMILES string of the molecule is CC.Cc1cnc(Nc2c(C(=O)NOCCCO)cc(F)c(F)c2F)c(C)c1. The van der Waals surface area contributed by atoms with Crippen LogP contribution in [0.25, 0.3) is 0 Å². The molecule has 2 rings (SSSR count). The van der Waals surface area contributed by atoms with Crippen molar-refractivity contribution in [2.75, 3.05) is 18.5 Å². The van der Waals surface area contributed by atoms with Gasteiger partial charge in [-0.2, -0.15) is 0 Å². The lowest BCUT2D eigenvalue weighted by Gasteiger charge is -2.15. The summed E-state index contributed by atoms with van der Waals surface area (Å²) in [5.74, 6) is -5.56. The summed E-state index contributed by atoms with van der Waals surface area (Å²) in [4.78, 5) is 21.0. The van der Waals surface area contributed by atoms with Gasteiger partial charge >= 0.3 is 0 Å². The predicted octanol–water partition coefficient (Wildman–Crippen LogP) is 3.93. The second kappa shape index (κ2) is 11.3. The molecule has 0 saturated heterocycles. The van der Waals surface area contributed by atoms with Gasteiger partial charge < -0.3 is 10.4 Å². The third-order valence-electron chi connectivity index (χ3n) is 3.43. The van der Waals surface area contributed by atoms with Crippen molar-refractivity contribution in [2.45, 2.75) is 34.1 Å². The van der Waals surface area contributed by atoms with Crippen LogP contribution in [-0.4, -0.2) is 29.2 Å². The van der Waals surface area contributed by atoms with Gasteiger partial charge in [-0.15, -0.1) is 0 Å². The molecule has 154 valence electrons. The molecule has 0 aliphatic carbocycles. The fourth-order valence-electron chi connectivity index (χ4n) is 2.17. The topological polar surface area (TPSA) is 83.5 Å². The van der Waals surface area contributed by atoms with Crippen LogP contribution in [0, 0.1) is 31.3 Å². The van der Waals surface area contributed by atoms with Crippen molar-refractivity contribution in [1.29, 1.82) is 0 Å². The molecule has 28 heavy (non-hydrogen) atoms. The highest BCUT2D eigenvalue weighted by atomic mass is 19.2. The highest BCUT2D eigenvalue weighted by Gasteiger charge is 2.24. The number of anilines is 2. The van der Waals surface area contributed by atoms with Crippen LogP contribution in [0.3, 0.4) is 0 Å². The van der Waals surface area contributed by atoms with Gasteiger partial charge in [0, 0.05) is 12.8 Å². The molecule has 9 heteroatoms. The fourth-order valence-corrected chi connectivity index (χ4v) is 2.17. The van der Waals surface area contributed by atoms with Gasteiger partial charge in [-0.3, -0.25) is 9.63 Å². The molecule has 0 atom stereocenters. The average Bonchev–Trinajstić information content (AvgIpc) is 2.68. The van der Waals surface area contributed by atoms with E-state index >= 15 is 0 Å². The minimum atomic E-state index is -1.71. The van der Waals surface area contributed by atoms with Crippen LogP contribution in [0.4, 0.5) is 24.7 Å². The molecule has 0 unspecified atom stereocenters. The van der Waals surface area contributed by atoms with Crippen LogP contribution in [0.5, 0.6) is 0 Å². The molecule has 0 spiro atoms. The molecule has 0 aliphatic heterocycles. The van der Waals surface area contributed by atoms with Crippen molar-refractivity contribution < 1.29 is 27.9 Å². The predicted molar refractivity (Wildman–Crippen MR) is 99.8 cm³/mol. The first kappa shape index (κ1) is 23.4. The Morgan fingerprint density at radius 3 is 2.46 bits per heavy atom. The number of pyridine rings is 1. The van der Waals surface area contributed by atoms with E-state index in [9.17, 15) is 18.0 Å². The van der Waals surface area contributed by atoms with Crippen LogP contribution in [-0.2, 0) is 4.84 Å². The van der Waals surface area contributed by atoms with Gasteiger partial charge in [0.15, 0.2) is 17.5 Å². The van der Waals surface area contributed by atoms with E-state index in [0.29, 0.717) is 11.6 Å². The molecule has 1 amide bonds. The quantitative estimate of drug-likeness (QED) is 0.373. The van der Waals surface area contributed by atoms with Crippen molar-refractivity contribution in [3.8, 4) is 0 Å². The summed E-state index contributed by atoms with van der Waals surface area (Å²) in [5, 5.41) is 11.2. The summed E-state index contributed by atoms with van der Waals surface area (Å²) < 4.78 is 41.5. The zero-order valence-corrected chi connectivity index (χ0v) is 16.2. The molecule has 1 heterocycles. The number of nitrogens with one attached hydrogen (secondary N) is 2. The Hall–Kier alpha value is -2.65. The lowest BCUT2D eigenvalue weighted by Crippen LogP contribution is -2.26.